The van der Waals surface area contributed by atoms with E-state index in [1.165, 1.54) is 22.0 Å². The number of aliphatic imine (C=N–C) groups is 1. The Morgan fingerprint density at radius 2 is 2.12 bits per heavy atom. The van der Waals surface area contributed by atoms with Crippen LogP contribution in [0, 0.1) is 18.3 Å². The van der Waals surface area contributed by atoms with Gasteiger partial charge < -0.3 is 9.72 Å². The Labute approximate surface area is 194 Å². The number of carbonyl (C=O) groups excluding carboxylic acids is 1. The van der Waals surface area contributed by atoms with Crippen LogP contribution in [0.2, 0.25) is 0 Å². The lowest BCUT2D eigenvalue weighted by molar-refractivity contribution is 0.0526. The van der Waals surface area contributed by atoms with Crippen molar-refractivity contribution in [1.29, 1.82) is 5.26 Å². The topological polar surface area (TPSA) is 99.7 Å². The first-order valence-electron chi connectivity index (χ1n) is 11.0. The fraction of sp³-hybridized carbons (Fsp3) is 0.280. The van der Waals surface area contributed by atoms with Gasteiger partial charge in [0.05, 0.1) is 34.3 Å². The summed E-state index contributed by atoms with van der Waals surface area (Å²) in [5, 5.41) is 10.4. The van der Waals surface area contributed by atoms with Gasteiger partial charge in [0.25, 0.3) is 5.56 Å². The van der Waals surface area contributed by atoms with Crippen LogP contribution in [0.5, 0.6) is 0 Å². The molecule has 0 atom stereocenters. The van der Waals surface area contributed by atoms with Crippen LogP contribution in [-0.2, 0) is 17.6 Å². The molecular weight excluding hydrogens is 436 g/mol. The molecule has 0 fully saturated rings. The van der Waals surface area contributed by atoms with Gasteiger partial charge in [-0.2, -0.15) is 5.26 Å². The van der Waals surface area contributed by atoms with E-state index in [4.69, 9.17) is 4.74 Å². The average molecular weight is 459 g/mol. The summed E-state index contributed by atoms with van der Waals surface area (Å²) in [5.41, 5.74) is 4.49. The minimum Gasteiger partial charge on any atom is -0.462 e. The number of para-hydroxylation sites is 2. The molecule has 8 heteroatoms. The van der Waals surface area contributed by atoms with Crippen LogP contribution in [0.3, 0.4) is 0 Å². The number of esters is 1. The third-order valence-electron chi connectivity index (χ3n) is 6.13. The van der Waals surface area contributed by atoms with E-state index in [1.54, 1.807) is 13.8 Å². The molecular formula is C25H22N4O3S. The van der Waals surface area contributed by atoms with E-state index in [0.29, 0.717) is 38.4 Å². The van der Waals surface area contributed by atoms with Crippen molar-refractivity contribution in [1.82, 2.24) is 9.38 Å². The zero-order chi connectivity index (χ0) is 23.1. The number of nitriles is 1. The van der Waals surface area contributed by atoms with Gasteiger partial charge in [-0.25, -0.2) is 9.79 Å². The van der Waals surface area contributed by atoms with Crippen molar-refractivity contribution in [2.45, 2.75) is 39.5 Å². The second-order valence-corrected chi connectivity index (χ2v) is 9.11. The largest absolute Gasteiger partial charge is 0.462 e. The fourth-order valence-electron chi connectivity index (χ4n) is 4.52. The number of ether oxygens (including phenoxy) is 1. The zero-order valence-corrected chi connectivity index (χ0v) is 19.2. The third-order valence-corrected chi connectivity index (χ3v) is 7.33. The van der Waals surface area contributed by atoms with Crippen LogP contribution in [0.1, 0.15) is 57.3 Å². The van der Waals surface area contributed by atoms with Crippen molar-refractivity contribution in [2.24, 2.45) is 4.99 Å². The number of carbonyl (C=O) groups is 1. The van der Waals surface area contributed by atoms with Gasteiger partial charge in [-0.3, -0.25) is 9.20 Å². The van der Waals surface area contributed by atoms with E-state index >= 15 is 0 Å². The molecule has 1 aromatic carbocycles. The van der Waals surface area contributed by atoms with Gasteiger partial charge in [0.2, 0.25) is 0 Å². The Morgan fingerprint density at radius 1 is 1.33 bits per heavy atom. The van der Waals surface area contributed by atoms with Crippen molar-refractivity contribution >= 4 is 45.2 Å². The molecule has 7 nitrogen and oxygen atoms in total. The molecule has 0 saturated carbocycles. The average Bonchev–Trinajstić information content (AvgIpc) is 3.38. The second-order valence-electron chi connectivity index (χ2n) is 8.03. The minimum absolute atomic E-state index is 0.262. The number of benzene rings is 1. The number of thiophene rings is 1. The van der Waals surface area contributed by atoms with E-state index in [1.807, 2.05) is 24.3 Å². The maximum absolute atomic E-state index is 13.5. The predicted octanol–water partition coefficient (Wildman–Crippen LogP) is 4.83. The lowest BCUT2D eigenvalue weighted by Gasteiger charge is -2.11. The number of aryl methyl sites for hydroxylation is 1. The molecule has 3 heterocycles. The summed E-state index contributed by atoms with van der Waals surface area (Å²) >= 11 is 1.49. The number of H-pyrrole nitrogens is 1. The highest BCUT2D eigenvalue weighted by molar-refractivity contribution is 7.16. The van der Waals surface area contributed by atoms with Gasteiger partial charge in [-0.15, -0.1) is 11.3 Å². The normalized spacial score (nSPS) is 13.5. The van der Waals surface area contributed by atoms with Crippen molar-refractivity contribution in [2.75, 3.05) is 6.61 Å². The number of nitrogens with one attached hydrogen (secondary N) is 1. The molecule has 33 heavy (non-hydrogen) atoms. The molecule has 0 bridgehead atoms. The number of rotatable bonds is 4. The maximum atomic E-state index is 13.5. The first-order chi connectivity index (χ1) is 16.0. The number of aromatic amines is 1. The van der Waals surface area contributed by atoms with Gasteiger partial charge in [0.1, 0.15) is 16.7 Å². The lowest BCUT2D eigenvalue weighted by atomic mass is 9.95. The molecule has 0 amide bonds. The number of imidazole rings is 1. The molecule has 1 aliphatic carbocycles. The first-order valence-corrected chi connectivity index (χ1v) is 11.8. The highest BCUT2D eigenvalue weighted by Crippen LogP contribution is 2.40. The summed E-state index contributed by atoms with van der Waals surface area (Å²) in [7, 11) is 0. The molecule has 1 aliphatic rings. The Hall–Kier alpha value is -3.70. The van der Waals surface area contributed by atoms with E-state index in [2.05, 4.69) is 16.0 Å². The molecule has 3 aromatic heterocycles. The number of fused-ring (bicyclic) bond motifs is 4. The molecule has 0 unspecified atom stereocenters. The van der Waals surface area contributed by atoms with Crippen molar-refractivity contribution in [3.8, 4) is 6.07 Å². The molecule has 0 spiro atoms. The molecule has 0 saturated heterocycles. The molecule has 5 rings (SSSR count). The summed E-state index contributed by atoms with van der Waals surface area (Å²) in [4.78, 5) is 35.2. The monoisotopic (exact) mass is 458 g/mol. The van der Waals surface area contributed by atoms with Crippen LogP contribution in [0.15, 0.2) is 34.1 Å². The highest BCUT2D eigenvalue weighted by atomic mass is 32.1. The van der Waals surface area contributed by atoms with Gasteiger partial charge >= 0.3 is 5.97 Å². The van der Waals surface area contributed by atoms with Crippen molar-refractivity contribution in [3.05, 3.63) is 67.3 Å². The molecule has 4 aromatic rings. The minimum atomic E-state index is -0.373. The number of hydrogen-bond acceptors (Lipinski definition) is 6. The van der Waals surface area contributed by atoms with E-state index in [9.17, 15) is 14.9 Å². The Kier molecular flexibility index (Phi) is 5.35. The summed E-state index contributed by atoms with van der Waals surface area (Å²) < 4.78 is 6.83. The highest BCUT2D eigenvalue weighted by Gasteiger charge is 2.26. The molecule has 0 radical (unpaired) electrons. The number of pyridine rings is 1. The van der Waals surface area contributed by atoms with Crippen LogP contribution in [0.25, 0.3) is 16.7 Å². The maximum Gasteiger partial charge on any atom is 0.341 e. The predicted molar refractivity (Wildman–Crippen MR) is 129 cm³/mol. The van der Waals surface area contributed by atoms with Crippen LogP contribution >= 0.6 is 11.3 Å². The van der Waals surface area contributed by atoms with E-state index in [-0.39, 0.29) is 18.1 Å². The van der Waals surface area contributed by atoms with Crippen LogP contribution in [0.4, 0.5) is 5.00 Å². The summed E-state index contributed by atoms with van der Waals surface area (Å²) in [6.45, 7) is 3.82. The summed E-state index contributed by atoms with van der Waals surface area (Å²) in [5.74, 6) is -0.373. The Morgan fingerprint density at radius 3 is 2.91 bits per heavy atom. The molecule has 0 aliphatic heterocycles. The summed E-state index contributed by atoms with van der Waals surface area (Å²) in [6.07, 6.45) is 5.36. The molecule has 1 N–H and O–H groups in total. The number of hydrogen-bond donors (Lipinski definition) is 1. The second kappa shape index (κ2) is 8.34. The first kappa shape index (κ1) is 21.2. The molecule has 166 valence electrons. The smallest absolute Gasteiger partial charge is 0.341 e. The quantitative estimate of drug-likeness (QED) is 0.350. The lowest BCUT2D eigenvalue weighted by Crippen LogP contribution is -2.20. The fourth-order valence-corrected chi connectivity index (χ4v) is 5.75. The SMILES string of the molecule is CCOC(=O)c1c(N=Cc2c(C)c(C#N)c3[nH]c4ccccc4n3c2=O)sc2c1CCCC2. The van der Waals surface area contributed by atoms with Gasteiger partial charge in [-0.05, 0) is 62.8 Å². The zero-order valence-electron chi connectivity index (χ0n) is 18.4. The van der Waals surface area contributed by atoms with E-state index in [0.717, 1.165) is 41.6 Å². The van der Waals surface area contributed by atoms with Gasteiger partial charge in [0.15, 0.2) is 0 Å². The standard InChI is InChI=1S/C25H22N4O3S/c1-3-32-25(31)21-15-8-4-7-11-20(15)33-23(21)27-13-17-14(2)16(12-26)22-28-18-9-5-6-10-19(18)29(22)24(17)30/h5-6,9-10,13,28H,3-4,7-8,11H2,1-2H3. The Bertz CT molecular complexity index is 1550. The third kappa shape index (κ3) is 3.36. The van der Waals surface area contributed by atoms with E-state index < -0.39 is 0 Å². The number of aromatic nitrogens is 2. The Balaban J connectivity index is 1.71. The number of nitrogens with zero attached hydrogens (tertiary/aromatic N) is 3. The van der Waals surface area contributed by atoms with Gasteiger partial charge in [-0.1, -0.05) is 12.1 Å². The summed E-state index contributed by atoms with van der Waals surface area (Å²) in [6, 6.07) is 9.66. The van der Waals surface area contributed by atoms with Gasteiger partial charge in [0, 0.05) is 11.1 Å². The van der Waals surface area contributed by atoms with Crippen LogP contribution in [-0.4, -0.2) is 28.2 Å². The van der Waals surface area contributed by atoms with Crippen LogP contribution < -0.4 is 5.56 Å². The van der Waals surface area contributed by atoms with Crippen molar-refractivity contribution < 1.29 is 9.53 Å². The van der Waals surface area contributed by atoms with Crippen molar-refractivity contribution in [3.63, 3.8) is 0 Å².